The molecule has 5 heteroatoms. The summed E-state index contributed by atoms with van der Waals surface area (Å²) in [7, 11) is 1.15. The average Bonchev–Trinajstić information content (AvgIpc) is 3.59. The van der Waals surface area contributed by atoms with Gasteiger partial charge in [0.05, 0.1) is 21.0 Å². The van der Waals surface area contributed by atoms with E-state index in [1.54, 1.807) is 12.1 Å². The van der Waals surface area contributed by atoms with E-state index in [0.29, 0.717) is 0 Å². The van der Waals surface area contributed by atoms with Crippen molar-refractivity contribution in [1.82, 2.24) is 9.55 Å². The largest absolute Gasteiger partial charge is 0.326 e. The fourth-order valence-electron chi connectivity index (χ4n) is 5.31. The number of nitrogens with zero attached hydrogens (tertiary/aromatic N) is 2. The number of halogens is 1. The van der Waals surface area contributed by atoms with Crippen molar-refractivity contribution in [3.63, 3.8) is 0 Å². The zero-order valence-corrected chi connectivity index (χ0v) is 24.6. The van der Waals surface area contributed by atoms with Crippen LogP contribution in [0.4, 0.5) is 4.39 Å². The van der Waals surface area contributed by atoms with Crippen LogP contribution in [0.5, 0.6) is 0 Å². The fraction of sp³-hybridized carbons (Fsp3) is 0.0278. The molecule has 200 valence electrons. The minimum absolute atomic E-state index is 0.199. The van der Waals surface area contributed by atoms with Gasteiger partial charge in [-0.1, -0.05) is 139 Å². The van der Waals surface area contributed by atoms with Crippen LogP contribution in [0.2, 0.25) is 0 Å². The Balaban J connectivity index is 0.000000191. The lowest BCUT2D eigenvalue weighted by Crippen LogP contribution is -2.46. The van der Waals surface area contributed by atoms with Crippen molar-refractivity contribution in [2.75, 3.05) is 0 Å². The van der Waals surface area contributed by atoms with Crippen molar-refractivity contribution in [2.45, 2.75) is 5.16 Å². The summed E-state index contributed by atoms with van der Waals surface area (Å²) in [5.74, 6) is 1.96. The van der Waals surface area contributed by atoms with Gasteiger partial charge in [0.25, 0.3) is 0 Å². The Morgan fingerprint density at radius 2 is 1.12 bits per heavy atom. The van der Waals surface area contributed by atoms with Crippen LogP contribution in [0.1, 0.15) is 22.3 Å². The van der Waals surface area contributed by atoms with Crippen LogP contribution in [-0.4, -0.2) is 26.9 Å². The fourth-order valence-corrected chi connectivity index (χ4v) is 7.62. The van der Waals surface area contributed by atoms with Gasteiger partial charge in [-0.3, -0.25) is 0 Å². The zero-order valence-electron chi connectivity index (χ0n) is 23.1. The molecule has 1 aromatic heterocycles. The lowest BCUT2D eigenvalue weighted by Gasteiger charge is -2.37. The third-order valence-corrected chi connectivity index (χ3v) is 9.85. The lowest BCUT2D eigenvalue weighted by atomic mass is 9.92. The molecule has 0 spiro atoms. The highest BCUT2D eigenvalue weighted by molar-refractivity contribution is 6.57. The molecule has 6 rings (SSSR count). The number of aromatic nitrogens is 2. The van der Waals surface area contributed by atoms with E-state index in [1.807, 2.05) is 55.1 Å². The summed E-state index contributed by atoms with van der Waals surface area (Å²) < 4.78 is 15.6. The Morgan fingerprint density at radius 3 is 1.54 bits per heavy atom. The molecule has 0 N–H and O–H groups in total. The van der Waals surface area contributed by atoms with Crippen molar-refractivity contribution in [1.29, 1.82) is 0 Å². The van der Waals surface area contributed by atoms with Gasteiger partial charge in [-0.05, 0) is 40.0 Å². The normalized spacial score (nSPS) is 11.0. The SMILES string of the molecule is BC=C(c1ccccc1)c1ccccc1.Fc1ccc([SiH2]C(c2ccccc2)(c2ccccc2)n2ccnc2)cc1. The van der Waals surface area contributed by atoms with Crippen molar-refractivity contribution in [2.24, 2.45) is 0 Å². The van der Waals surface area contributed by atoms with E-state index in [1.165, 1.54) is 33.0 Å². The second-order valence-electron chi connectivity index (χ2n) is 9.80. The van der Waals surface area contributed by atoms with E-state index in [4.69, 9.17) is 0 Å². The summed E-state index contributed by atoms with van der Waals surface area (Å²) >= 11 is 0. The summed E-state index contributed by atoms with van der Waals surface area (Å²) in [5, 5.41) is 0.879. The van der Waals surface area contributed by atoms with E-state index in [2.05, 4.69) is 120 Å². The first kappa shape index (κ1) is 27.8. The predicted octanol–water partition coefficient (Wildman–Crippen LogP) is 5.97. The van der Waals surface area contributed by atoms with Gasteiger partial charge in [-0.2, -0.15) is 0 Å². The Morgan fingerprint density at radius 1 is 0.659 bits per heavy atom. The maximum absolute atomic E-state index is 13.4. The predicted molar refractivity (Wildman–Crippen MR) is 174 cm³/mol. The molecule has 0 saturated carbocycles. The number of imidazole rings is 1. The van der Waals surface area contributed by atoms with Gasteiger partial charge < -0.3 is 4.57 Å². The van der Waals surface area contributed by atoms with E-state index in [-0.39, 0.29) is 11.0 Å². The molecule has 0 bridgehead atoms. The van der Waals surface area contributed by atoms with Crippen LogP contribution in [0, 0.1) is 5.82 Å². The van der Waals surface area contributed by atoms with Gasteiger partial charge >= 0.3 is 0 Å². The van der Waals surface area contributed by atoms with Gasteiger partial charge in [0.2, 0.25) is 0 Å². The average molecular weight is 551 g/mol. The second kappa shape index (κ2) is 13.6. The maximum atomic E-state index is 13.4. The van der Waals surface area contributed by atoms with Gasteiger partial charge in [-0.15, -0.1) is 5.98 Å². The molecule has 0 fully saturated rings. The Hall–Kier alpha value is -4.74. The number of rotatable bonds is 7. The number of hydrogen-bond donors (Lipinski definition) is 0. The number of benzene rings is 5. The van der Waals surface area contributed by atoms with E-state index >= 15 is 0 Å². The molecule has 0 unspecified atom stereocenters. The second-order valence-corrected chi connectivity index (χ2v) is 12.0. The first-order valence-electron chi connectivity index (χ1n) is 13.8. The van der Waals surface area contributed by atoms with Crippen molar-refractivity contribution in [3.8, 4) is 0 Å². The van der Waals surface area contributed by atoms with Crippen LogP contribution in [0.3, 0.4) is 0 Å². The maximum Gasteiger partial charge on any atom is 0.130 e. The molecule has 0 aliphatic carbocycles. The topological polar surface area (TPSA) is 17.8 Å². The molecule has 1 heterocycles. The molecule has 0 aliphatic heterocycles. The van der Waals surface area contributed by atoms with Crippen LogP contribution >= 0.6 is 0 Å². The number of hydrogen-bond acceptors (Lipinski definition) is 1. The first-order chi connectivity index (χ1) is 20.2. The Kier molecular flexibility index (Phi) is 9.20. The summed E-state index contributed by atoms with van der Waals surface area (Å²) in [6, 6.07) is 48.9. The third kappa shape index (κ3) is 6.54. The molecule has 0 amide bonds. The van der Waals surface area contributed by atoms with E-state index in [0.717, 1.165) is 0 Å². The molecule has 0 radical (unpaired) electrons. The standard InChI is InChI=1S/C22H19FN2Si.C14H13B/c23-20-11-13-21(14-12-20)26-22(25-16-15-24-17-25,18-7-3-1-4-8-18)19-9-5-2-6-10-19;15-11-14(12-7-3-1-4-8-12)13-9-5-2-6-10-13/h1-17H,26H2;1-11H,15H2. The molecule has 0 atom stereocenters. The van der Waals surface area contributed by atoms with Crippen molar-refractivity contribution in [3.05, 3.63) is 198 Å². The zero-order chi connectivity index (χ0) is 28.3. The van der Waals surface area contributed by atoms with Crippen LogP contribution < -0.4 is 5.19 Å². The van der Waals surface area contributed by atoms with Gasteiger partial charge in [0, 0.05) is 12.4 Å². The van der Waals surface area contributed by atoms with Gasteiger partial charge in [0.1, 0.15) is 13.7 Å². The van der Waals surface area contributed by atoms with E-state index < -0.39 is 9.52 Å². The molecule has 5 aromatic carbocycles. The highest BCUT2D eigenvalue weighted by Crippen LogP contribution is 2.33. The summed E-state index contributed by atoms with van der Waals surface area (Å²) in [5.41, 5.74) is 6.27. The Bertz CT molecular complexity index is 1560. The molecule has 2 nitrogen and oxygen atoms in total. The quantitative estimate of drug-likeness (QED) is 0.224. The summed E-state index contributed by atoms with van der Waals surface area (Å²) in [4.78, 5) is 4.32. The van der Waals surface area contributed by atoms with Crippen LogP contribution in [0.15, 0.2) is 170 Å². The summed E-state index contributed by atoms with van der Waals surface area (Å²) in [6.45, 7) is 0. The lowest BCUT2D eigenvalue weighted by molar-refractivity contribution is 0.596. The monoisotopic (exact) mass is 550 g/mol. The highest BCUT2D eigenvalue weighted by Gasteiger charge is 2.36. The molecule has 41 heavy (non-hydrogen) atoms. The van der Waals surface area contributed by atoms with Gasteiger partial charge in [-0.25, -0.2) is 9.37 Å². The molecule has 0 saturated heterocycles. The van der Waals surface area contributed by atoms with Crippen molar-refractivity contribution < 1.29 is 4.39 Å². The minimum atomic E-state index is -0.929. The van der Waals surface area contributed by atoms with Crippen LogP contribution in [-0.2, 0) is 5.16 Å². The third-order valence-electron chi connectivity index (χ3n) is 7.28. The van der Waals surface area contributed by atoms with Crippen LogP contribution in [0.25, 0.3) is 5.57 Å². The van der Waals surface area contributed by atoms with E-state index in [9.17, 15) is 4.39 Å². The first-order valence-corrected chi connectivity index (χ1v) is 15.2. The smallest absolute Gasteiger partial charge is 0.130 e. The molecule has 6 aromatic rings. The molecular formula is C36H32BFN2Si. The summed E-state index contributed by atoms with van der Waals surface area (Å²) in [6.07, 6.45) is 5.73. The van der Waals surface area contributed by atoms with Crippen molar-refractivity contribution >= 4 is 28.1 Å². The Labute approximate surface area is 245 Å². The molecular weight excluding hydrogens is 518 g/mol. The molecule has 0 aliphatic rings. The van der Waals surface area contributed by atoms with Gasteiger partial charge in [0.15, 0.2) is 0 Å². The minimum Gasteiger partial charge on any atom is -0.326 e. The highest BCUT2D eigenvalue weighted by atomic mass is 28.2.